The van der Waals surface area contributed by atoms with Crippen molar-refractivity contribution in [2.45, 2.75) is 38.3 Å². The van der Waals surface area contributed by atoms with Crippen LogP contribution >= 0.6 is 0 Å². The van der Waals surface area contributed by atoms with Gasteiger partial charge in [0.25, 0.3) is 0 Å². The highest BCUT2D eigenvalue weighted by atomic mass is 16.5. The van der Waals surface area contributed by atoms with Crippen molar-refractivity contribution >= 4 is 11.9 Å². The molecule has 0 bridgehead atoms. The van der Waals surface area contributed by atoms with Crippen LogP contribution in [-0.4, -0.2) is 36.5 Å². The molecule has 3 atom stereocenters. The standard InChI is InChI=1S/C22H25NO4/c1-4-27-22(25)21-19(17-8-6-5-7-9-17)14-20(24)23(21)15(2)16-10-12-18(26-3)13-11-16/h5-13,15,19,21H,4,14H2,1-3H3/t15-,19+,21+/m0/s1. The number of hydrogen-bond donors (Lipinski definition) is 0. The lowest BCUT2D eigenvalue weighted by atomic mass is 9.91. The third-order valence-corrected chi connectivity index (χ3v) is 5.13. The number of benzene rings is 2. The number of nitrogens with zero attached hydrogens (tertiary/aromatic N) is 1. The third-order valence-electron chi connectivity index (χ3n) is 5.13. The molecule has 0 spiro atoms. The van der Waals surface area contributed by atoms with Crippen LogP contribution in [0.5, 0.6) is 5.75 Å². The highest BCUT2D eigenvalue weighted by molar-refractivity contribution is 5.90. The van der Waals surface area contributed by atoms with Gasteiger partial charge in [-0.05, 0) is 37.1 Å². The molecular formula is C22H25NO4. The predicted molar refractivity (Wildman–Crippen MR) is 102 cm³/mol. The van der Waals surface area contributed by atoms with Crippen LogP contribution < -0.4 is 4.74 Å². The zero-order chi connectivity index (χ0) is 19.4. The number of methoxy groups -OCH3 is 1. The van der Waals surface area contributed by atoms with Gasteiger partial charge < -0.3 is 14.4 Å². The Bertz CT molecular complexity index is 788. The lowest BCUT2D eigenvalue weighted by Gasteiger charge is -2.32. The molecule has 3 rings (SSSR count). The van der Waals surface area contributed by atoms with Gasteiger partial charge in [0.05, 0.1) is 19.8 Å². The Morgan fingerprint density at radius 1 is 1.15 bits per heavy atom. The summed E-state index contributed by atoms with van der Waals surface area (Å²) in [6.45, 7) is 4.01. The Labute approximate surface area is 159 Å². The molecule has 0 aliphatic carbocycles. The fourth-order valence-corrected chi connectivity index (χ4v) is 3.76. The largest absolute Gasteiger partial charge is 0.497 e. The maximum Gasteiger partial charge on any atom is 0.329 e. The first-order valence-corrected chi connectivity index (χ1v) is 9.23. The summed E-state index contributed by atoms with van der Waals surface area (Å²) in [7, 11) is 1.61. The van der Waals surface area contributed by atoms with Crippen LogP contribution in [0.4, 0.5) is 0 Å². The van der Waals surface area contributed by atoms with E-state index in [0.29, 0.717) is 6.42 Å². The van der Waals surface area contributed by atoms with E-state index in [1.807, 2.05) is 61.5 Å². The topological polar surface area (TPSA) is 55.8 Å². The minimum atomic E-state index is -0.628. The van der Waals surface area contributed by atoms with Gasteiger partial charge in [-0.3, -0.25) is 4.79 Å². The number of carbonyl (C=O) groups excluding carboxylic acids is 2. The van der Waals surface area contributed by atoms with Crippen molar-refractivity contribution in [2.75, 3.05) is 13.7 Å². The third kappa shape index (κ3) is 3.82. The molecule has 0 radical (unpaired) electrons. The molecule has 0 unspecified atom stereocenters. The van der Waals surface area contributed by atoms with E-state index < -0.39 is 6.04 Å². The summed E-state index contributed by atoms with van der Waals surface area (Å²) in [5.74, 6) is 0.157. The Kier molecular flexibility index (Phi) is 5.79. The van der Waals surface area contributed by atoms with Gasteiger partial charge in [0.1, 0.15) is 11.8 Å². The summed E-state index contributed by atoms with van der Waals surface area (Å²) >= 11 is 0. The van der Waals surface area contributed by atoms with Crippen LogP contribution in [0, 0.1) is 0 Å². The van der Waals surface area contributed by atoms with Gasteiger partial charge in [-0.2, -0.15) is 0 Å². The summed E-state index contributed by atoms with van der Waals surface area (Å²) in [4.78, 5) is 27.4. The van der Waals surface area contributed by atoms with Crippen molar-refractivity contribution in [3.63, 3.8) is 0 Å². The number of esters is 1. The second-order valence-corrected chi connectivity index (χ2v) is 6.67. The number of rotatable bonds is 6. The van der Waals surface area contributed by atoms with Crippen LogP contribution in [0.3, 0.4) is 0 Å². The Morgan fingerprint density at radius 2 is 1.81 bits per heavy atom. The molecular weight excluding hydrogens is 342 g/mol. The van der Waals surface area contributed by atoms with Crippen molar-refractivity contribution in [3.05, 3.63) is 65.7 Å². The molecule has 5 heteroatoms. The van der Waals surface area contributed by atoms with Gasteiger partial charge in [0.2, 0.25) is 5.91 Å². The zero-order valence-electron chi connectivity index (χ0n) is 15.9. The zero-order valence-corrected chi connectivity index (χ0v) is 15.9. The summed E-state index contributed by atoms with van der Waals surface area (Å²) in [6.07, 6.45) is 0.300. The Morgan fingerprint density at radius 3 is 2.41 bits per heavy atom. The lowest BCUT2D eigenvalue weighted by molar-refractivity contribution is -0.153. The van der Waals surface area contributed by atoms with Crippen LogP contribution in [-0.2, 0) is 14.3 Å². The average molecular weight is 367 g/mol. The molecule has 2 aromatic rings. The van der Waals surface area contributed by atoms with Gasteiger partial charge in [0, 0.05) is 12.3 Å². The van der Waals surface area contributed by atoms with Gasteiger partial charge in [-0.15, -0.1) is 0 Å². The highest BCUT2D eigenvalue weighted by Gasteiger charge is 2.47. The van der Waals surface area contributed by atoms with E-state index in [2.05, 4.69) is 0 Å². The lowest BCUT2D eigenvalue weighted by Crippen LogP contribution is -2.43. The van der Waals surface area contributed by atoms with Gasteiger partial charge in [-0.25, -0.2) is 4.79 Å². The predicted octanol–water partition coefficient (Wildman–Crippen LogP) is 3.70. The fraction of sp³-hybridized carbons (Fsp3) is 0.364. The highest BCUT2D eigenvalue weighted by Crippen LogP contribution is 2.40. The van der Waals surface area contributed by atoms with E-state index in [9.17, 15) is 9.59 Å². The second-order valence-electron chi connectivity index (χ2n) is 6.67. The molecule has 2 aromatic carbocycles. The van der Waals surface area contributed by atoms with Gasteiger partial charge in [0.15, 0.2) is 0 Å². The fourth-order valence-electron chi connectivity index (χ4n) is 3.76. The molecule has 0 aromatic heterocycles. The van der Waals surface area contributed by atoms with Crippen LogP contribution in [0.1, 0.15) is 43.4 Å². The number of likely N-dealkylation sites (tertiary alicyclic amines) is 1. The van der Waals surface area contributed by atoms with Crippen molar-refractivity contribution in [1.29, 1.82) is 0 Å². The normalized spacial score (nSPS) is 20.4. The molecule has 1 fully saturated rings. The summed E-state index contributed by atoms with van der Waals surface area (Å²) in [5.41, 5.74) is 1.93. The molecule has 5 nitrogen and oxygen atoms in total. The maximum atomic E-state index is 12.9. The quantitative estimate of drug-likeness (QED) is 0.731. The van der Waals surface area contributed by atoms with Crippen LogP contribution in [0.25, 0.3) is 0 Å². The first-order valence-electron chi connectivity index (χ1n) is 9.23. The van der Waals surface area contributed by atoms with E-state index in [1.54, 1.807) is 18.9 Å². The molecule has 1 amide bonds. The van der Waals surface area contributed by atoms with E-state index in [4.69, 9.17) is 9.47 Å². The summed E-state index contributed by atoms with van der Waals surface area (Å²) < 4.78 is 10.5. The van der Waals surface area contributed by atoms with Crippen molar-refractivity contribution in [2.24, 2.45) is 0 Å². The first-order chi connectivity index (χ1) is 13.1. The van der Waals surface area contributed by atoms with Gasteiger partial charge >= 0.3 is 5.97 Å². The van der Waals surface area contributed by atoms with Crippen molar-refractivity contribution in [1.82, 2.24) is 4.90 Å². The minimum absolute atomic E-state index is 0.0368. The number of carbonyl (C=O) groups is 2. The summed E-state index contributed by atoms with van der Waals surface area (Å²) in [6, 6.07) is 16.4. The maximum absolute atomic E-state index is 12.9. The van der Waals surface area contributed by atoms with Crippen molar-refractivity contribution < 1.29 is 19.1 Å². The van der Waals surface area contributed by atoms with Crippen LogP contribution in [0.2, 0.25) is 0 Å². The van der Waals surface area contributed by atoms with Gasteiger partial charge in [-0.1, -0.05) is 42.5 Å². The van der Waals surface area contributed by atoms with E-state index in [0.717, 1.165) is 16.9 Å². The second kappa shape index (κ2) is 8.25. The first kappa shape index (κ1) is 19.0. The Hall–Kier alpha value is -2.82. The molecule has 1 aliphatic rings. The molecule has 0 N–H and O–H groups in total. The minimum Gasteiger partial charge on any atom is -0.497 e. The number of hydrogen-bond acceptors (Lipinski definition) is 4. The molecule has 27 heavy (non-hydrogen) atoms. The monoisotopic (exact) mass is 367 g/mol. The summed E-state index contributed by atoms with van der Waals surface area (Å²) in [5, 5.41) is 0. The molecule has 1 heterocycles. The Balaban J connectivity index is 1.95. The van der Waals surface area contributed by atoms with E-state index >= 15 is 0 Å². The average Bonchev–Trinajstić information content (AvgIpc) is 3.05. The van der Waals surface area contributed by atoms with E-state index in [1.165, 1.54) is 0 Å². The van der Waals surface area contributed by atoms with Crippen molar-refractivity contribution in [3.8, 4) is 5.75 Å². The SMILES string of the molecule is CCOC(=O)[C@H]1[C@@H](c2ccccc2)CC(=O)N1[C@@H](C)c1ccc(OC)cc1. The number of amides is 1. The van der Waals surface area contributed by atoms with Crippen LogP contribution in [0.15, 0.2) is 54.6 Å². The molecule has 1 aliphatic heterocycles. The number of ether oxygens (including phenoxy) is 2. The van der Waals surface area contributed by atoms with E-state index in [-0.39, 0.29) is 30.4 Å². The smallest absolute Gasteiger partial charge is 0.329 e. The molecule has 142 valence electrons. The molecule has 0 saturated carbocycles. The molecule has 1 saturated heterocycles.